The number of thiazole rings is 1. The maximum absolute atomic E-state index is 9.06. The number of halogens is 1. The van der Waals surface area contributed by atoms with Gasteiger partial charge in [-0.15, -0.1) is 0 Å². The standard InChI is InChI=1S/C10H17ClN2OS2/c1-7(4-5-15-3)13(2)10-12-9(11)8(6-14)16-10/h7,14H,4-6H2,1-3H3. The van der Waals surface area contributed by atoms with Crippen molar-refractivity contribution in [1.29, 1.82) is 0 Å². The highest BCUT2D eigenvalue weighted by Gasteiger charge is 2.16. The van der Waals surface area contributed by atoms with Crippen molar-refractivity contribution in [3.63, 3.8) is 0 Å². The van der Waals surface area contributed by atoms with Gasteiger partial charge in [-0.2, -0.15) is 11.8 Å². The molecule has 0 fully saturated rings. The van der Waals surface area contributed by atoms with Gasteiger partial charge in [0.25, 0.3) is 0 Å². The van der Waals surface area contributed by atoms with Gasteiger partial charge in [0.1, 0.15) is 5.15 Å². The van der Waals surface area contributed by atoms with Gasteiger partial charge in [-0.25, -0.2) is 4.98 Å². The van der Waals surface area contributed by atoms with Gasteiger partial charge in [0.15, 0.2) is 5.13 Å². The lowest BCUT2D eigenvalue weighted by Crippen LogP contribution is -2.29. The molecular formula is C10H17ClN2OS2. The van der Waals surface area contributed by atoms with Crippen molar-refractivity contribution in [3.8, 4) is 0 Å². The van der Waals surface area contributed by atoms with E-state index in [9.17, 15) is 0 Å². The van der Waals surface area contributed by atoms with Gasteiger partial charge in [-0.1, -0.05) is 22.9 Å². The predicted molar refractivity (Wildman–Crippen MR) is 73.9 cm³/mol. The van der Waals surface area contributed by atoms with E-state index >= 15 is 0 Å². The van der Waals surface area contributed by atoms with Gasteiger partial charge < -0.3 is 10.0 Å². The Labute approximate surface area is 110 Å². The van der Waals surface area contributed by atoms with E-state index in [1.165, 1.54) is 11.3 Å². The molecule has 0 radical (unpaired) electrons. The maximum atomic E-state index is 9.06. The summed E-state index contributed by atoms with van der Waals surface area (Å²) in [4.78, 5) is 7.11. The SMILES string of the molecule is CSCCC(C)N(C)c1nc(Cl)c(CO)s1. The summed E-state index contributed by atoms with van der Waals surface area (Å²) in [5, 5.41) is 10.4. The van der Waals surface area contributed by atoms with Gasteiger partial charge in [0.05, 0.1) is 11.5 Å². The minimum Gasteiger partial charge on any atom is -0.391 e. The zero-order chi connectivity index (χ0) is 12.1. The van der Waals surface area contributed by atoms with Crippen LogP contribution in [0.25, 0.3) is 0 Å². The molecule has 1 heterocycles. The second kappa shape index (κ2) is 6.69. The predicted octanol–water partition coefficient (Wildman–Crippen LogP) is 2.87. The molecular weight excluding hydrogens is 264 g/mol. The van der Waals surface area contributed by atoms with Gasteiger partial charge in [0.2, 0.25) is 0 Å². The molecule has 16 heavy (non-hydrogen) atoms. The Hall–Kier alpha value is 0.0300. The molecule has 0 saturated heterocycles. The third kappa shape index (κ3) is 3.52. The number of aliphatic hydroxyl groups excluding tert-OH is 1. The van der Waals surface area contributed by atoms with E-state index in [0.29, 0.717) is 11.2 Å². The summed E-state index contributed by atoms with van der Waals surface area (Å²) in [6.07, 6.45) is 3.22. The van der Waals surface area contributed by atoms with Crippen molar-refractivity contribution in [2.45, 2.75) is 26.0 Å². The molecule has 0 aromatic carbocycles. The van der Waals surface area contributed by atoms with Crippen LogP contribution in [0.3, 0.4) is 0 Å². The highest BCUT2D eigenvalue weighted by atomic mass is 35.5. The molecule has 6 heteroatoms. The van der Waals surface area contributed by atoms with E-state index in [-0.39, 0.29) is 6.61 Å². The number of thioether (sulfide) groups is 1. The molecule has 0 bridgehead atoms. The van der Waals surface area contributed by atoms with Gasteiger partial charge in [-0.05, 0) is 25.4 Å². The van der Waals surface area contributed by atoms with Crippen LogP contribution in [0.4, 0.5) is 5.13 Å². The lowest BCUT2D eigenvalue weighted by molar-refractivity contribution is 0.285. The first-order valence-corrected chi connectivity index (χ1v) is 7.66. The van der Waals surface area contributed by atoms with Gasteiger partial charge in [-0.3, -0.25) is 0 Å². The Morgan fingerprint density at radius 2 is 2.31 bits per heavy atom. The number of anilines is 1. The van der Waals surface area contributed by atoms with E-state index in [1.54, 1.807) is 0 Å². The van der Waals surface area contributed by atoms with E-state index < -0.39 is 0 Å². The van der Waals surface area contributed by atoms with E-state index in [4.69, 9.17) is 16.7 Å². The second-order valence-electron chi connectivity index (χ2n) is 3.61. The molecule has 0 aliphatic carbocycles. The lowest BCUT2D eigenvalue weighted by Gasteiger charge is -2.23. The molecule has 0 amide bonds. The van der Waals surface area contributed by atoms with Crippen molar-refractivity contribution in [1.82, 2.24) is 4.98 Å². The van der Waals surface area contributed by atoms with E-state index in [2.05, 4.69) is 23.1 Å². The summed E-state index contributed by atoms with van der Waals surface area (Å²) in [6, 6.07) is 0.432. The van der Waals surface area contributed by atoms with Crippen LogP contribution in [0.5, 0.6) is 0 Å². The maximum Gasteiger partial charge on any atom is 0.187 e. The molecule has 0 aliphatic rings. The molecule has 1 aromatic heterocycles. The zero-order valence-corrected chi connectivity index (χ0v) is 12.1. The monoisotopic (exact) mass is 280 g/mol. The van der Waals surface area contributed by atoms with Crippen molar-refractivity contribution in [3.05, 3.63) is 10.0 Å². The number of rotatable bonds is 6. The molecule has 1 rings (SSSR count). The molecule has 0 saturated carbocycles. The average Bonchev–Trinajstić information content (AvgIpc) is 2.66. The lowest BCUT2D eigenvalue weighted by atomic mass is 10.2. The fraction of sp³-hybridized carbons (Fsp3) is 0.700. The van der Waals surface area contributed by atoms with E-state index in [1.807, 2.05) is 18.8 Å². The number of nitrogens with zero attached hydrogens (tertiary/aromatic N) is 2. The molecule has 1 N–H and O–H groups in total. The van der Waals surface area contributed by atoms with Gasteiger partial charge >= 0.3 is 0 Å². The summed E-state index contributed by atoms with van der Waals surface area (Å²) in [5.41, 5.74) is 0. The summed E-state index contributed by atoms with van der Waals surface area (Å²) >= 11 is 9.21. The molecule has 0 spiro atoms. The third-order valence-electron chi connectivity index (χ3n) is 2.48. The summed E-state index contributed by atoms with van der Waals surface area (Å²) < 4.78 is 0. The van der Waals surface area contributed by atoms with Crippen LogP contribution in [-0.4, -0.2) is 35.2 Å². The Morgan fingerprint density at radius 3 is 2.81 bits per heavy atom. The summed E-state index contributed by atoms with van der Waals surface area (Å²) in [7, 11) is 2.02. The summed E-state index contributed by atoms with van der Waals surface area (Å²) in [6.45, 7) is 2.13. The fourth-order valence-corrected chi connectivity index (χ4v) is 3.00. The highest BCUT2D eigenvalue weighted by Crippen LogP contribution is 2.30. The van der Waals surface area contributed by atoms with Crippen LogP contribution >= 0.6 is 34.7 Å². The number of hydrogen-bond donors (Lipinski definition) is 1. The normalized spacial score (nSPS) is 12.8. The number of aromatic nitrogens is 1. The number of aliphatic hydroxyl groups is 1. The highest BCUT2D eigenvalue weighted by molar-refractivity contribution is 7.98. The van der Waals surface area contributed by atoms with Crippen molar-refractivity contribution < 1.29 is 5.11 Å². The first-order valence-electron chi connectivity index (χ1n) is 5.08. The van der Waals surface area contributed by atoms with Gasteiger partial charge in [0, 0.05) is 13.1 Å². The molecule has 1 unspecified atom stereocenters. The smallest absolute Gasteiger partial charge is 0.187 e. The van der Waals surface area contributed by atoms with Crippen LogP contribution < -0.4 is 4.90 Å². The number of hydrogen-bond acceptors (Lipinski definition) is 5. The summed E-state index contributed by atoms with van der Waals surface area (Å²) in [5.74, 6) is 1.14. The van der Waals surface area contributed by atoms with E-state index in [0.717, 1.165) is 22.2 Å². The zero-order valence-electron chi connectivity index (χ0n) is 9.73. The Bertz CT molecular complexity index is 333. The topological polar surface area (TPSA) is 36.4 Å². The van der Waals surface area contributed by atoms with Crippen molar-refractivity contribution >= 4 is 39.8 Å². The average molecular weight is 281 g/mol. The van der Waals surface area contributed by atoms with Crippen LogP contribution in [0.2, 0.25) is 5.15 Å². The fourth-order valence-electron chi connectivity index (χ4n) is 1.24. The Morgan fingerprint density at radius 1 is 1.62 bits per heavy atom. The minimum atomic E-state index is -0.0382. The second-order valence-corrected chi connectivity index (χ2v) is 6.02. The van der Waals surface area contributed by atoms with Crippen LogP contribution in [0, 0.1) is 0 Å². The molecule has 92 valence electrons. The van der Waals surface area contributed by atoms with Crippen LogP contribution in [0.1, 0.15) is 18.2 Å². The Balaban J connectivity index is 2.67. The van der Waals surface area contributed by atoms with Crippen LogP contribution in [-0.2, 0) is 6.61 Å². The first kappa shape index (κ1) is 14.1. The minimum absolute atomic E-state index is 0.0382. The molecule has 0 aliphatic heterocycles. The van der Waals surface area contributed by atoms with Crippen molar-refractivity contribution in [2.75, 3.05) is 24.0 Å². The Kier molecular flexibility index (Phi) is 5.89. The van der Waals surface area contributed by atoms with Crippen molar-refractivity contribution in [2.24, 2.45) is 0 Å². The molecule has 3 nitrogen and oxygen atoms in total. The quantitative estimate of drug-likeness (QED) is 0.869. The largest absolute Gasteiger partial charge is 0.391 e. The molecule has 1 atom stereocenters. The molecule has 1 aromatic rings. The first-order chi connectivity index (χ1) is 7.60. The van der Waals surface area contributed by atoms with Crippen LogP contribution in [0.15, 0.2) is 0 Å². The third-order valence-corrected chi connectivity index (χ3v) is 4.68.